The van der Waals surface area contributed by atoms with Crippen molar-refractivity contribution in [2.24, 2.45) is 10.4 Å². The molecule has 0 N–H and O–H groups in total. The summed E-state index contributed by atoms with van der Waals surface area (Å²) in [4.78, 5) is 16.2. The highest BCUT2D eigenvalue weighted by molar-refractivity contribution is 6.04. The molecule has 15 heavy (non-hydrogen) atoms. The Morgan fingerprint density at radius 2 is 1.93 bits per heavy atom. The molecule has 0 aromatic heterocycles. The maximum atomic E-state index is 11.8. The summed E-state index contributed by atoms with van der Waals surface area (Å²) < 4.78 is 0. The van der Waals surface area contributed by atoms with Gasteiger partial charge in [-0.15, -0.1) is 0 Å². The van der Waals surface area contributed by atoms with Crippen LogP contribution in [0.3, 0.4) is 0 Å². The third-order valence-electron chi connectivity index (χ3n) is 2.61. The molecular weight excluding hydrogens is 186 g/mol. The molecule has 0 radical (unpaired) electrons. The summed E-state index contributed by atoms with van der Waals surface area (Å²) in [7, 11) is 0. The summed E-state index contributed by atoms with van der Waals surface area (Å²) in [5.74, 6) is 0.327. The lowest BCUT2D eigenvalue weighted by Crippen LogP contribution is -2.14. The minimum absolute atomic E-state index is 0.0925. The average molecular weight is 207 g/mol. The van der Waals surface area contributed by atoms with Crippen molar-refractivity contribution >= 4 is 11.5 Å². The van der Waals surface area contributed by atoms with Gasteiger partial charge in [-0.2, -0.15) is 0 Å². The van der Waals surface area contributed by atoms with Crippen LogP contribution in [-0.2, 0) is 4.79 Å². The standard InChI is InChI=1S/C13H21NO/c1-9-8-14-10(2)12(9)6-11(15)7-13(3,4)5/h6-8H2,1-5H3. The maximum absolute atomic E-state index is 11.8. The van der Waals surface area contributed by atoms with Crippen molar-refractivity contribution in [1.29, 1.82) is 0 Å². The molecule has 0 bridgehead atoms. The van der Waals surface area contributed by atoms with Crippen molar-refractivity contribution in [1.82, 2.24) is 0 Å². The van der Waals surface area contributed by atoms with Gasteiger partial charge in [-0.1, -0.05) is 20.8 Å². The largest absolute Gasteiger partial charge is 0.299 e. The highest BCUT2D eigenvalue weighted by Crippen LogP contribution is 2.24. The Morgan fingerprint density at radius 1 is 1.33 bits per heavy atom. The van der Waals surface area contributed by atoms with Crippen LogP contribution in [0.25, 0.3) is 0 Å². The van der Waals surface area contributed by atoms with Crippen LogP contribution in [0.4, 0.5) is 0 Å². The van der Waals surface area contributed by atoms with Crippen molar-refractivity contribution < 1.29 is 4.79 Å². The zero-order valence-corrected chi connectivity index (χ0v) is 10.5. The lowest BCUT2D eigenvalue weighted by molar-refractivity contribution is -0.120. The molecule has 1 aliphatic heterocycles. The molecule has 0 unspecified atom stereocenters. The average Bonchev–Trinajstić information content (AvgIpc) is 2.32. The van der Waals surface area contributed by atoms with Gasteiger partial charge in [0.05, 0.1) is 6.54 Å². The summed E-state index contributed by atoms with van der Waals surface area (Å²) in [6, 6.07) is 0. The summed E-state index contributed by atoms with van der Waals surface area (Å²) in [5.41, 5.74) is 3.57. The number of rotatable bonds is 3. The number of aliphatic imine (C=N–C) groups is 1. The number of Topliss-reactive ketones (excluding diaryl/α,β-unsaturated/α-hetero) is 1. The Labute approximate surface area is 92.5 Å². The fourth-order valence-electron chi connectivity index (χ4n) is 1.87. The fourth-order valence-corrected chi connectivity index (χ4v) is 1.87. The lowest BCUT2D eigenvalue weighted by Gasteiger charge is -2.17. The smallest absolute Gasteiger partial charge is 0.137 e. The summed E-state index contributed by atoms with van der Waals surface area (Å²) in [5, 5.41) is 0. The number of carbonyl (C=O) groups is 1. The van der Waals surface area contributed by atoms with Crippen LogP contribution in [0, 0.1) is 5.41 Å². The Morgan fingerprint density at radius 3 is 2.33 bits per heavy atom. The summed E-state index contributed by atoms with van der Waals surface area (Å²) in [6.45, 7) is 11.1. The van der Waals surface area contributed by atoms with E-state index in [0.29, 0.717) is 18.6 Å². The van der Waals surface area contributed by atoms with Gasteiger partial charge in [0, 0.05) is 18.6 Å². The highest BCUT2D eigenvalue weighted by Gasteiger charge is 2.20. The van der Waals surface area contributed by atoms with Gasteiger partial charge in [0.15, 0.2) is 0 Å². The Hall–Kier alpha value is -0.920. The Bertz CT molecular complexity index is 329. The molecule has 84 valence electrons. The molecule has 0 saturated heterocycles. The first-order valence-electron chi connectivity index (χ1n) is 5.51. The van der Waals surface area contributed by atoms with Gasteiger partial charge in [-0.3, -0.25) is 9.79 Å². The van der Waals surface area contributed by atoms with Gasteiger partial charge >= 0.3 is 0 Å². The molecule has 0 aromatic carbocycles. The maximum Gasteiger partial charge on any atom is 0.137 e. The van der Waals surface area contributed by atoms with E-state index >= 15 is 0 Å². The summed E-state index contributed by atoms with van der Waals surface area (Å²) in [6.07, 6.45) is 1.22. The van der Waals surface area contributed by atoms with Crippen molar-refractivity contribution in [3.8, 4) is 0 Å². The molecule has 0 aromatic rings. The van der Waals surface area contributed by atoms with Gasteiger partial charge in [0.25, 0.3) is 0 Å². The topological polar surface area (TPSA) is 29.4 Å². The van der Waals surface area contributed by atoms with E-state index in [1.165, 1.54) is 11.1 Å². The van der Waals surface area contributed by atoms with Gasteiger partial charge in [0.1, 0.15) is 5.78 Å². The minimum Gasteiger partial charge on any atom is -0.299 e. The SMILES string of the molecule is CC1=NCC(C)=C1CC(=O)CC(C)(C)C. The van der Waals surface area contributed by atoms with Gasteiger partial charge in [-0.05, 0) is 30.4 Å². The number of hydrogen-bond acceptors (Lipinski definition) is 2. The molecule has 1 rings (SSSR count). The number of ketones is 1. The molecule has 2 nitrogen and oxygen atoms in total. The molecule has 0 fully saturated rings. The van der Waals surface area contributed by atoms with Crippen molar-refractivity contribution in [3.05, 3.63) is 11.1 Å². The number of carbonyl (C=O) groups excluding carboxylic acids is 1. The Balaban J connectivity index is 2.60. The van der Waals surface area contributed by atoms with Crippen LogP contribution >= 0.6 is 0 Å². The van der Waals surface area contributed by atoms with Gasteiger partial charge in [0.2, 0.25) is 0 Å². The third-order valence-corrected chi connectivity index (χ3v) is 2.61. The molecule has 0 spiro atoms. The number of allylic oxidation sites excluding steroid dienone is 1. The first-order valence-corrected chi connectivity index (χ1v) is 5.51. The quantitative estimate of drug-likeness (QED) is 0.699. The predicted octanol–water partition coefficient (Wildman–Crippen LogP) is 3.17. The van der Waals surface area contributed by atoms with Gasteiger partial charge < -0.3 is 0 Å². The monoisotopic (exact) mass is 207 g/mol. The van der Waals surface area contributed by atoms with Crippen LogP contribution in [0.2, 0.25) is 0 Å². The predicted molar refractivity (Wildman–Crippen MR) is 64.4 cm³/mol. The van der Waals surface area contributed by atoms with Crippen molar-refractivity contribution in [2.75, 3.05) is 6.54 Å². The Kier molecular flexibility index (Phi) is 3.48. The normalized spacial score (nSPS) is 17.0. The second kappa shape index (κ2) is 4.30. The fraction of sp³-hybridized carbons (Fsp3) is 0.692. The first-order chi connectivity index (χ1) is 6.79. The molecule has 0 aliphatic carbocycles. The lowest BCUT2D eigenvalue weighted by atomic mass is 9.87. The second-order valence-corrected chi connectivity index (χ2v) is 5.61. The molecule has 0 amide bonds. The number of hydrogen-bond donors (Lipinski definition) is 0. The zero-order valence-electron chi connectivity index (χ0n) is 10.5. The molecule has 0 saturated carbocycles. The van der Waals surface area contributed by atoms with E-state index in [9.17, 15) is 4.79 Å². The van der Waals surface area contributed by atoms with Crippen LogP contribution in [0.1, 0.15) is 47.5 Å². The third kappa shape index (κ3) is 3.61. The van der Waals surface area contributed by atoms with E-state index in [1.54, 1.807) is 0 Å². The van der Waals surface area contributed by atoms with E-state index in [2.05, 4.69) is 32.7 Å². The van der Waals surface area contributed by atoms with E-state index in [-0.39, 0.29) is 5.41 Å². The van der Waals surface area contributed by atoms with E-state index < -0.39 is 0 Å². The summed E-state index contributed by atoms with van der Waals surface area (Å²) >= 11 is 0. The first kappa shape index (κ1) is 12.2. The molecule has 1 aliphatic rings. The van der Waals surface area contributed by atoms with Crippen LogP contribution in [-0.4, -0.2) is 18.0 Å². The zero-order chi connectivity index (χ0) is 11.6. The highest BCUT2D eigenvalue weighted by atomic mass is 16.1. The van der Waals surface area contributed by atoms with Crippen molar-refractivity contribution in [3.63, 3.8) is 0 Å². The second-order valence-electron chi connectivity index (χ2n) is 5.61. The molecule has 0 atom stereocenters. The molecular formula is C13H21NO. The minimum atomic E-state index is 0.0925. The van der Waals surface area contributed by atoms with E-state index in [0.717, 1.165) is 12.3 Å². The van der Waals surface area contributed by atoms with E-state index in [4.69, 9.17) is 0 Å². The van der Waals surface area contributed by atoms with Crippen molar-refractivity contribution in [2.45, 2.75) is 47.5 Å². The number of nitrogens with zero attached hydrogens (tertiary/aromatic N) is 1. The van der Waals surface area contributed by atoms with Gasteiger partial charge in [-0.25, -0.2) is 0 Å². The molecule has 2 heteroatoms. The van der Waals surface area contributed by atoms with Crippen LogP contribution < -0.4 is 0 Å². The van der Waals surface area contributed by atoms with E-state index in [1.807, 2.05) is 6.92 Å². The van der Waals surface area contributed by atoms with Crippen LogP contribution in [0.5, 0.6) is 0 Å². The molecule has 1 heterocycles. The van der Waals surface area contributed by atoms with Crippen LogP contribution in [0.15, 0.2) is 16.1 Å².